The number of rotatable bonds is 4. The van der Waals surface area contributed by atoms with Crippen LogP contribution >= 0.6 is 0 Å². The lowest BCUT2D eigenvalue weighted by Gasteiger charge is -2.10. The first-order valence-electron chi connectivity index (χ1n) is 8.63. The van der Waals surface area contributed by atoms with E-state index in [0.717, 1.165) is 33.7 Å². The van der Waals surface area contributed by atoms with Crippen molar-refractivity contribution in [3.05, 3.63) is 84.2 Å². The van der Waals surface area contributed by atoms with Crippen LogP contribution in [0.25, 0.3) is 10.8 Å². The highest BCUT2D eigenvalue weighted by atomic mass is 16.5. The van der Waals surface area contributed by atoms with Gasteiger partial charge < -0.3 is 15.8 Å². The van der Waals surface area contributed by atoms with Crippen LogP contribution in [0.3, 0.4) is 0 Å². The van der Waals surface area contributed by atoms with E-state index in [1.165, 1.54) is 0 Å². The van der Waals surface area contributed by atoms with Crippen molar-refractivity contribution < 1.29 is 4.74 Å². The summed E-state index contributed by atoms with van der Waals surface area (Å²) in [5.74, 6) is 2.58. The number of hydrogen-bond acceptors (Lipinski definition) is 6. The summed E-state index contributed by atoms with van der Waals surface area (Å²) in [6, 6.07) is 9.77. The molecule has 0 aliphatic heterocycles. The summed E-state index contributed by atoms with van der Waals surface area (Å²) < 4.78 is 6.15. The number of benzene rings is 1. The molecule has 0 bridgehead atoms. The number of nitrogens with zero attached hydrogens (tertiary/aromatic N) is 3. The molecule has 0 saturated carbocycles. The quantitative estimate of drug-likeness (QED) is 0.730. The van der Waals surface area contributed by atoms with Crippen molar-refractivity contribution in [2.45, 2.75) is 13.3 Å². The zero-order chi connectivity index (χ0) is 18.6. The van der Waals surface area contributed by atoms with E-state index in [1.807, 2.05) is 67.8 Å². The second-order valence-corrected chi connectivity index (χ2v) is 6.19. The number of ether oxygens (including phenoxy) is 1. The lowest BCUT2D eigenvalue weighted by atomic mass is 10.1. The van der Waals surface area contributed by atoms with Crippen LogP contribution in [0.4, 0.5) is 11.8 Å². The minimum Gasteiger partial charge on any atom is -0.461 e. The largest absolute Gasteiger partial charge is 0.461 e. The highest BCUT2D eigenvalue weighted by Gasteiger charge is 2.07. The van der Waals surface area contributed by atoms with E-state index in [-0.39, 0.29) is 5.95 Å². The molecule has 2 heterocycles. The number of nitrogens with one attached hydrogen (secondary N) is 1. The Morgan fingerprint density at radius 2 is 2.07 bits per heavy atom. The van der Waals surface area contributed by atoms with Crippen molar-refractivity contribution in [2.75, 3.05) is 11.1 Å². The van der Waals surface area contributed by atoms with Crippen molar-refractivity contribution in [3.8, 4) is 5.75 Å². The van der Waals surface area contributed by atoms with Crippen LogP contribution in [0, 0.1) is 6.92 Å². The maximum atomic E-state index is 6.15. The summed E-state index contributed by atoms with van der Waals surface area (Å²) in [6.45, 7) is 1.88. The molecule has 27 heavy (non-hydrogen) atoms. The average molecular weight is 357 g/mol. The summed E-state index contributed by atoms with van der Waals surface area (Å²) in [4.78, 5) is 12.4. The van der Waals surface area contributed by atoms with Crippen LogP contribution < -0.4 is 15.8 Å². The van der Waals surface area contributed by atoms with Gasteiger partial charge in [0.2, 0.25) is 5.95 Å². The summed E-state index contributed by atoms with van der Waals surface area (Å²) in [5.41, 5.74) is 7.42. The fourth-order valence-electron chi connectivity index (χ4n) is 2.89. The van der Waals surface area contributed by atoms with E-state index in [4.69, 9.17) is 10.5 Å². The summed E-state index contributed by atoms with van der Waals surface area (Å²) in [5, 5.41) is 5.34. The first-order chi connectivity index (χ1) is 13.2. The number of nitrogen functional groups attached to an aromatic ring is 1. The number of nitrogens with two attached hydrogens (primary N) is 1. The molecule has 6 nitrogen and oxygen atoms in total. The number of fused-ring (bicyclic) bond motifs is 1. The van der Waals surface area contributed by atoms with Crippen LogP contribution in [0.2, 0.25) is 0 Å². The van der Waals surface area contributed by atoms with Gasteiger partial charge in [-0.2, -0.15) is 4.98 Å². The average Bonchev–Trinajstić information content (AvgIpc) is 2.86. The lowest BCUT2D eigenvalue weighted by molar-refractivity contribution is 0.421. The van der Waals surface area contributed by atoms with Crippen molar-refractivity contribution in [3.63, 3.8) is 0 Å². The third-order valence-corrected chi connectivity index (χ3v) is 4.09. The van der Waals surface area contributed by atoms with Gasteiger partial charge in [-0.3, -0.25) is 4.98 Å². The van der Waals surface area contributed by atoms with E-state index in [2.05, 4.69) is 20.3 Å². The fraction of sp³-hybridized carbons (Fsp3) is 0.0952. The molecule has 0 saturated heterocycles. The summed E-state index contributed by atoms with van der Waals surface area (Å²) in [7, 11) is 0. The normalized spacial score (nSPS) is 13.7. The number of anilines is 2. The monoisotopic (exact) mass is 357 g/mol. The molecule has 1 aromatic carbocycles. The smallest absolute Gasteiger partial charge is 0.222 e. The van der Waals surface area contributed by atoms with Gasteiger partial charge >= 0.3 is 0 Å². The topological polar surface area (TPSA) is 86.0 Å². The molecule has 4 rings (SSSR count). The van der Waals surface area contributed by atoms with E-state index in [9.17, 15) is 0 Å². The SMILES string of the molecule is Cc1cc(NC2=CC=C(Oc3cccc4cnccc34)CC=C2)nc(N)n1. The Labute approximate surface area is 157 Å². The molecule has 1 aliphatic carbocycles. The van der Waals surface area contributed by atoms with Gasteiger partial charge in [0, 0.05) is 47.0 Å². The van der Waals surface area contributed by atoms with Crippen LogP contribution in [0.5, 0.6) is 5.75 Å². The van der Waals surface area contributed by atoms with Crippen molar-refractivity contribution in [1.29, 1.82) is 0 Å². The highest BCUT2D eigenvalue weighted by Crippen LogP contribution is 2.27. The zero-order valence-corrected chi connectivity index (χ0v) is 14.9. The van der Waals surface area contributed by atoms with E-state index < -0.39 is 0 Å². The number of hydrogen-bond donors (Lipinski definition) is 2. The van der Waals surface area contributed by atoms with Crippen molar-refractivity contribution >= 4 is 22.5 Å². The number of aromatic nitrogens is 3. The van der Waals surface area contributed by atoms with Gasteiger partial charge in [-0.05, 0) is 37.3 Å². The summed E-state index contributed by atoms with van der Waals surface area (Å²) >= 11 is 0. The molecule has 0 radical (unpaired) electrons. The molecule has 0 spiro atoms. The Morgan fingerprint density at radius 3 is 2.96 bits per heavy atom. The lowest BCUT2D eigenvalue weighted by Crippen LogP contribution is -2.03. The van der Waals surface area contributed by atoms with Gasteiger partial charge in [-0.25, -0.2) is 4.98 Å². The van der Waals surface area contributed by atoms with Gasteiger partial charge in [-0.1, -0.05) is 18.2 Å². The predicted molar refractivity (Wildman–Crippen MR) is 107 cm³/mol. The first kappa shape index (κ1) is 16.8. The van der Waals surface area contributed by atoms with E-state index in [0.29, 0.717) is 12.2 Å². The number of allylic oxidation sites excluding steroid dienone is 4. The van der Waals surface area contributed by atoms with Gasteiger partial charge in [0.1, 0.15) is 17.3 Å². The van der Waals surface area contributed by atoms with E-state index >= 15 is 0 Å². The molecular formula is C21H19N5O. The second-order valence-electron chi connectivity index (χ2n) is 6.19. The molecule has 6 heteroatoms. The Hall–Kier alpha value is -3.67. The molecule has 134 valence electrons. The second kappa shape index (κ2) is 7.29. The molecule has 1 aliphatic rings. The summed E-state index contributed by atoms with van der Waals surface area (Å²) in [6.07, 6.45) is 12.2. The van der Waals surface area contributed by atoms with Crippen molar-refractivity contribution in [2.24, 2.45) is 0 Å². The molecule has 3 aromatic rings. The van der Waals surface area contributed by atoms with Crippen LogP contribution in [0.1, 0.15) is 12.1 Å². The number of pyridine rings is 1. The van der Waals surface area contributed by atoms with Gasteiger partial charge in [-0.15, -0.1) is 0 Å². The maximum absolute atomic E-state index is 6.15. The van der Waals surface area contributed by atoms with Crippen LogP contribution in [-0.4, -0.2) is 15.0 Å². The van der Waals surface area contributed by atoms with Gasteiger partial charge in [0.15, 0.2) is 0 Å². The van der Waals surface area contributed by atoms with Gasteiger partial charge in [0.05, 0.1) is 0 Å². The third kappa shape index (κ3) is 3.95. The molecule has 3 N–H and O–H groups in total. The minimum absolute atomic E-state index is 0.251. The van der Waals surface area contributed by atoms with E-state index in [1.54, 1.807) is 6.20 Å². The maximum Gasteiger partial charge on any atom is 0.222 e. The highest BCUT2D eigenvalue weighted by molar-refractivity contribution is 5.87. The third-order valence-electron chi connectivity index (χ3n) is 4.09. The predicted octanol–water partition coefficient (Wildman–Crippen LogP) is 4.13. The molecule has 0 unspecified atom stereocenters. The van der Waals surface area contributed by atoms with Crippen LogP contribution in [0.15, 0.2) is 78.5 Å². The molecule has 0 amide bonds. The van der Waals surface area contributed by atoms with Crippen LogP contribution in [-0.2, 0) is 0 Å². The molecule has 0 atom stereocenters. The van der Waals surface area contributed by atoms with Gasteiger partial charge in [0.25, 0.3) is 0 Å². The Bertz CT molecular complexity index is 1060. The molecular weight excluding hydrogens is 338 g/mol. The standard InChI is InChI=1S/C21H19N5O/c1-14-12-20(26-21(22)24-14)25-16-5-3-6-17(9-8-16)27-19-7-2-4-15-13-23-11-10-18(15)19/h2-5,7-13H,6H2,1H3,(H3,22,24,25,26). The number of aryl methyl sites for hydroxylation is 1. The fourth-order valence-corrected chi connectivity index (χ4v) is 2.89. The Morgan fingerprint density at radius 1 is 1.15 bits per heavy atom. The Kier molecular flexibility index (Phi) is 4.53. The Balaban J connectivity index is 1.56. The minimum atomic E-state index is 0.251. The first-order valence-corrected chi connectivity index (χ1v) is 8.63. The molecule has 2 aromatic heterocycles. The zero-order valence-electron chi connectivity index (χ0n) is 14.9. The molecule has 0 fully saturated rings. The van der Waals surface area contributed by atoms with Crippen molar-refractivity contribution in [1.82, 2.24) is 15.0 Å².